The second kappa shape index (κ2) is 10.8. The van der Waals surface area contributed by atoms with Crippen LogP contribution in [0.2, 0.25) is 0 Å². The number of nitrogens with one attached hydrogen (secondary N) is 2. The lowest BCUT2D eigenvalue weighted by molar-refractivity contribution is 0.0951. The molecule has 2 amide bonds. The van der Waals surface area contributed by atoms with Gasteiger partial charge in [-0.15, -0.1) is 0 Å². The summed E-state index contributed by atoms with van der Waals surface area (Å²) < 4.78 is 37.7. The lowest BCUT2D eigenvalue weighted by Crippen LogP contribution is -2.30. The van der Waals surface area contributed by atoms with Crippen molar-refractivity contribution in [2.75, 3.05) is 25.2 Å². The van der Waals surface area contributed by atoms with Gasteiger partial charge in [-0.2, -0.15) is 4.31 Å². The number of benzene rings is 3. The van der Waals surface area contributed by atoms with Gasteiger partial charge in [0, 0.05) is 25.2 Å². The number of carbonyl (C=O) groups excluding carboxylic acids is 2. The molecular formula is C26H27N3O6S. The van der Waals surface area contributed by atoms with Gasteiger partial charge in [0.05, 0.1) is 16.1 Å². The molecule has 4 rings (SSSR count). The lowest BCUT2D eigenvalue weighted by Gasteiger charge is -2.18. The van der Waals surface area contributed by atoms with Crippen molar-refractivity contribution in [1.82, 2.24) is 9.62 Å². The topological polar surface area (TPSA) is 114 Å². The van der Waals surface area contributed by atoms with Crippen molar-refractivity contribution in [2.45, 2.75) is 25.3 Å². The van der Waals surface area contributed by atoms with E-state index in [1.165, 1.54) is 28.6 Å². The maximum absolute atomic E-state index is 13.0. The van der Waals surface area contributed by atoms with Crippen LogP contribution in [-0.2, 0) is 16.6 Å². The van der Waals surface area contributed by atoms with Crippen LogP contribution in [0.4, 0.5) is 5.69 Å². The summed E-state index contributed by atoms with van der Waals surface area (Å²) in [5.74, 6) is 0.385. The predicted molar refractivity (Wildman–Crippen MR) is 135 cm³/mol. The molecule has 0 atom stereocenters. The molecule has 3 aromatic carbocycles. The van der Waals surface area contributed by atoms with E-state index in [0.29, 0.717) is 30.3 Å². The molecule has 0 spiro atoms. The molecule has 36 heavy (non-hydrogen) atoms. The number of hydrogen-bond donors (Lipinski definition) is 2. The van der Waals surface area contributed by atoms with E-state index < -0.39 is 15.9 Å². The molecule has 0 unspecified atom stereocenters. The van der Waals surface area contributed by atoms with Crippen molar-refractivity contribution in [2.24, 2.45) is 0 Å². The van der Waals surface area contributed by atoms with Gasteiger partial charge in [0.1, 0.15) is 0 Å². The molecule has 0 bridgehead atoms. The first-order chi connectivity index (χ1) is 17.3. The van der Waals surface area contributed by atoms with Crippen LogP contribution in [-0.4, -0.2) is 44.4 Å². The standard InChI is InChI=1S/C26H27N3O6S/c1-3-29(4-2)36(32,33)20-9-7-8-19(15-20)25(30)28-22-11-6-5-10-21(22)26(31)27-16-18-12-13-23-24(14-18)35-17-34-23/h5-15H,3-4,16-17H2,1-2H3,(H,27,31)(H,28,30). The highest BCUT2D eigenvalue weighted by molar-refractivity contribution is 7.89. The van der Waals surface area contributed by atoms with Crippen molar-refractivity contribution in [3.05, 3.63) is 83.4 Å². The largest absolute Gasteiger partial charge is 0.454 e. The number of nitrogens with zero attached hydrogens (tertiary/aromatic N) is 1. The Bertz CT molecular complexity index is 1390. The second-order valence-corrected chi connectivity index (χ2v) is 9.93. The Morgan fingerprint density at radius 1 is 0.889 bits per heavy atom. The van der Waals surface area contributed by atoms with E-state index in [2.05, 4.69) is 10.6 Å². The van der Waals surface area contributed by atoms with Gasteiger partial charge >= 0.3 is 0 Å². The number of anilines is 1. The number of ether oxygens (including phenoxy) is 2. The zero-order chi connectivity index (χ0) is 25.7. The highest BCUT2D eigenvalue weighted by atomic mass is 32.2. The Morgan fingerprint density at radius 3 is 2.42 bits per heavy atom. The summed E-state index contributed by atoms with van der Waals surface area (Å²) in [6.07, 6.45) is 0. The van der Waals surface area contributed by atoms with Gasteiger partial charge in [-0.3, -0.25) is 9.59 Å². The van der Waals surface area contributed by atoms with Gasteiger partial charge in [0.15, 0.2) is 11.5 Å². The van der Waals surface area contributed by atoms with Crippen molar-refractivity contribution in [3.8, 4) is 11.5 Å². The van der Waals surface area contributed by atoms with E-state index in [-0.39, 0.29) is 35.3 Å². The minimum absolute atomic E-state index is 0.0357. The smallest absolute Gasteiger partial charge is 0.255 e. The van der Waals surface area contributed by atoms with E-state index in [1.54, 1.807) is 50.2 Å². The summed E-state index contributed by atoms with van der Waals surface area (Å²) >= 11 is 0. The van der Waals surface area contributed by atoms with Crippen LogP contribution in [0.3, 0.4) is 0 Å². The maximum Gasteiger partial charge on any atom is 0.255 e. The molecule has 1 aliphatic heterocycles. The number of fused-ring (bicyclic) bond motifs is 1. The van der Waals surface area contributed by atoms with Gasteiger partial charge in [0.25, 0.3) is 11.8 Å². The number of para-hydroxylation sites is 1. The van der Waals surface area contributed by atoms with Crippen molar-refractivity contribution >= 4 is 27.5 Å². The fraction of sp³-hybridized carbons (Fsp3) is 0.231. The van der Waals surface area contributed by atoms with Gasteiger partial charge in [-0.1, -0.05) is 38.1 Å². The minimum Gasteiger partial charge on any atom is -0.454 e. The van der Waals surface area contributed by atoms with Gasteiger partial charge in [-0.05, 0) is 48.0 Å². The third-order valence-corrected chi connectivity index (χ3v) is 7.80. The SMILES string of the molecule is CCN(CC)S(=O)(=O)c1cccc(C(=O)Nc2ccccc2C(=O)NCc2ccc3c(c2)OCO3)c1. The summed E-state index contributed by atoms with van der Waals surface area (Å²) in [6.45, 7) is 4.58. The molecule has 0 saturated carbocycles. The Balaban J connectivity index is 1.48. The van der Waals surface area contributed by atoms with Gasteiger partial charge < -0.3 is 20.1 Å². The van der Waals surface area contributed by atoms with E-state index in [0.717, 1.165) is 5.56 Å². The van der Waals surface area contributed by atoms with Crippen LogP contribution < -0.4 is 20.1 Å². The van der Waals surface area contributed by atoms with E-state index in [1.807, 2.05) is 6.07 Å². The lowest BCUT2D eigenvalue weighted by atomic mass is 10.1. The maximum atomic E-state index is 13.0. The molecular weight excluding hydrogens is 482 g/mol. The summed E-state index contributed by atoms with van der Waals surface area (Å²) in [7, 11) is -3.72. The highest BCUT2D eigenvalue weighted by Crippen LogP contribution is 2.32. The summed E-state index contributed by atoms with van der Waals surface area (Å²) in [6, 6.07) is 17.9. The Labute approximate surface area is 210 Å². The predicted octanol–water partition coefficient (Wildman–Crippen LogP) is 3.63. The molecule has 0 aliphatic carbocycles. The third kappa shape index (κ3) is 5.34. The van der Waals surface area contributed by atoms with Crippen molar-refractivity contribution < 1.29 is 27.5 Å². The van der Waals surface area contributed by atoms with Gasteiger partial charge in [-0.25, -0.2) is 8.42 Å². The van der Waals surface area contributed by atoms with Crippen LogP contribution in [0.25, 0.3) is 0 Å². The van der Waals surface area contributed by atoms with Crippen LogP contribution in [0.15, 0.2) is 71.6 Å². The number of amides is 2. The summed E-state index contributed by atoms with van der Waals surface area (Å²) in [5.41, 5.74) is 1.58. The zero-order valence-corrected chi connectivity index (χ0v) is 20.8. The van der Waals surface area contributed by atoms with E-state index in [4.69, 9.17) is 9.47 Å². The van der Waals surface area contributed by atoms with Crippen LogP contribution in [0, 0.1) is 0 Å². The Hall–Kier alpha value is -3.89. The molecule has 0 saturated heterocycles. The summed E-state index contributed by atoms with van der Waals surface area (Å²) in [5, 5.41) is 5.57. The molecule has 9 nitrogen and oxygen atoms in total. The minimum atomic E-state index is -3.72. The highest BCUT2D eigenvalue weighted by Gasteiger charge is 2.23. The quantitative estimate of drug-likeness (QED) is 0.455. The normalized spacial score (nSPS) is 12.4. The van der Waals surface area contributed by atoms with Crippen molar-refractivity contribution in [1.29, 1.82) is 0 Å². The fourth-order valence-corrected chi connectivity index (χ4v) is 5.33. The molecule has 2 N–H and O–H groups in total. The Kier molecular flexibility index (Phi) is 7.56. The first kappa shape index (κ1) is 25.2. The number of hydrogen-bond acceptors (Lipinski definition) is 6. The molecule has 0 radical (unpaired) electrons. The fourth-order valence-electron chi connectivity index (χ4n) is 3.82. The first-order valence-corrected chi connectivity index (χ1v) is 12.9. The monoisotopic (exact) mass is 509 g/mol. The molecule has 1 heterocycles. The second-order valence-electron chi connectivity index (χ2n) is 7.99. The number of sulfonamides is 1. The van der Waals surface area contributed by atoms with Crippen molar-refractivity contribution in [3.63, 3.8) is 0 Å². The first-order valence-electron chi connectivity index (χ1n) is 11.5. The molecule has 0 fully saturated rings. The average Bonchev–Trinajstić information content (AvgIpc) is 3.36. The number of rotatable bonds is 9. The van der Waals surface area contributed by atoms with Crippen LogP contribution in [0.5, 0.6) is 11.5 Å². The number of carbonyl (C=O) groups is 2. The van der Waals surface area contributed by atoms with Crippen LogP contribution in [0.1, 0.15) is 40.1 Å². The van der Waals surface area contributed by atoms with Gasteiger partial charge in [0.2, 0.25) is 16.8 Å². The van der Waals surface area contributed by atoms with E-state index >= 15 is 0 Å². The average molecular weight is 510 g/mol. The zero-order valence-electron chi connectivity index (χ0n) is 20.0. The molecule has 10 heteroatoms. The molecule has 3 aromatic rings. The molecule has 0 aromatic heterocycles. The third-order valence-electron chi connectivity index (χ3n) is 5.75. The summed E-state index contributed by atoms with van der Waals surface area (Å²) in [4.78, 5) is 25.9. The Morgan fingerprint density at radius 2 is 1.64 bits per heavy atom. The molecule has 1 aliphatic rings. The molecule has 188 valence electrons. The van der Waals surface area contributed by atoms with Crippen LogP contribution >= 0.6 is 0 Å². The van der Waals surface area contributed by atoms with E-state index in [9.17, 15) is 18.0 Å².